The zero-order chi connectivity index (χ0) is 24.2. The first kappa shape index (κ1) is 25.5. The summed E-state index contributed by atoms with van der Waals surface area (Å²) in [5, 5.41) is 14.7. The molecule has 1 amide bonds. The van der Waals surface area contributed by atoms with Gasteiger partial charge in [0.2, 0.25) is 0 Å². The molecule has 0 saturated carbocycles. The topological polar surface area (TPSA) is 82.2 Å². The van der Waals surface area contributed by atoms with Crippen LogP contribution in [0.5, 0.6) is 0 Å². The molecule has 0 aromatic heterocycles. The number of unbranched alkanes of at least 4 members (excludes halogenated alkanes) is 1. The summed E-state index contributed by atoms with van der Waals surface area (Å²) < 4.78 is 0. The van der Waals surface area contributed by atoms with Gasteiger partial charge in [-0.15, -0.1) is 0 Å². The molecule has 0 unspecified atom stereocenters. The van der Waals surface area contributed by atoms with E-state index in [0.717, 1.165) is 19.0 Å². The summed E-state index contributed by atoms with van der Waals surface area (Å²) in [4.78, 5) is 13.9. The third kappa shape index (κ3) is 6.68. The average molecular weight is 477 g/mol. The molecule has 34 heavy (non-hydrogen) atoms. The minimum atomic E-state index is -2.20. The molecule has 0 spiro atoms. The van der Waals surface area contributed by atoms with Gasteiger partial charge in [0.15, 0.2) is 0 Å². The van der Waals surface area contributed by atoms with Crippen LogP contribution in [-0.4, -0.2) is 43.1 Å². The SMILES string of the molecule is CN(CCCC(=O)NCCCC[PH](c1ccccc1)(c1ccccc1)c1ccccc1)C(=N)N. The van der Waals surface area contributed by atoms with E-state index >= 15 is 0 Å². The average Bonchev–Trinajstić information content (AvgIpc) is 2.88. The monoisotopic (exact) mass is 476 g/mol. The molecule has 4 N–H and O–H groups in total. The van der Waals surface area contributed by atoms with Gasteiger partial charge in [0.1, 0.15) is 0 Å². The van der Waals surface area contributed by atoms with E-state index in [1.165, 1.54) is 15.9 Å². The van der Waals surface area contributed by atoms with Gasteiger partial charge in [-0.05, 0) is 0 Å². The molecule has 0 heterocycles. The number of nitrogens with two attached hydrogens (primary N) is 1. The normalized spacial score (nSPS) is 11.6. The third-order valence-corrected chi connectivity index (χ3v) is 11.5. The van der Waals surface area contributed by atoms with E-state index in [2.05, 4.69) is 96.3 Å². The van der Waals surface area contributed by atoms with Gasteiger partial charge in [-0.1, -0.05) is 0 Å². The fourth-order valence-corrected chi connectivity index (χ4v) is 9.46. The van der Waals surface area contributed by atoms with Crippen molar-refractivity contribution in [3.05, 3.63) is 91.0 Å². The van der Waals surface area contributed by atoms with Crippen LogP contribution in [-0.2, 0) is 4.79 Å². The van der Waals surface area contributed by atoms with E-state index in [1.54, 1.807) is 11.9 Å². The van der Waals surface area contributed by atoms with Crippen LogP contribution in [0.2, 0.25) is 0 Å². The Balaban J connectivity index is 1.67. The number of carbonyl (C=O) groups is 1. The van der Waals surface area contributed by atoms with E-state index in [9.17, 15) is 4.79 Å². The van der Waals surface area contributed by atoms with Crippen molar-refractivity contribution in [2.75, 3.05) is 26.3 Å². The second-order valence-electron chi connectivity index (χ2n) is 8.72. The molecule has 0 fully saturated rings. The van der Waals surface area contributed by atoms with Crippen molar-refractivity contribution in [3.8, 4) is 0 Å². The van der Waals surface area contributed by atoms with Crippen LogP contribution in [0.15, 0.2) is 91.0 Å². The fourth-order valence-electron chi connectivity index (χ4n) is 4.53. The number of amides is 1. The van der Waals surface area contributed by atoms with Gasteiger partial charge in [-0.25, -0.2) is 0 Å². The standard InChI is InChI=1S/C28H37N4OP/c1-32(28(29)30)22-13-20-27(33)31-21-11-12-23-34(24-14-5-2-6-15-24,25-16-7-3-8-17-25)26-18-9-4-10-19-26/h2-10,14-19,34H,11-13,20-23H2,1H3,(H3,29,30)(H,31,33). The molecule has 0 bridgehead atoms. The number of hydrogen-bond acceptors (Lipinski definition) is 2. The third-order valence-electron chi connectivity index (χ3n) is 6.41. The number of nitrogens with zero attached hydrogens (tertiary/aromatic N) is 1. The summed E-state index contributed by atoms with van der Waals surface area (Å²) >= 11 is 0. The second kappa shape index (κ2) is 12.9. The Morgan fingerprint density at radius 1 is 0.824 bits per heavy atom. The number of carbonyl (C=O) groups excluding carboxylic acids is 1. The van der Waals surface area contributed by atoms with E-state index in [1.807, 2.05) is 0 Å². The van der Waals surface area contributed by atoms with Crippen molar-refractivity contribution in [1.29, 1.82) is 5.41 Å². The number of rotatable bonds is 12. The van der Waals surface area contributed by atoms with Crippen molar-refractivity contribution < 1.29 is 4.79 Å². The molecule has 0 aliphatic heterocycles. The summed E-state index contributed by atoms with van der Waals surface area (Å²) in [6, 6.07) is 32.8. The Morgan fingerprint density at radius 2 is 1.29 bits per heavy atom. The fraction of sp³-hybridized carbons (Fsp3) is 0.286. The summed E-state index contributed by atoms with van der Waals surface area (Å²) in [5.41, 5.74) is 5.44. The quantitative estimate of drug-likeness (QED) is 0.163. The predicted octanol–water partition coefficient (Wildman–Crippen LogP) is 3.21. The van der Waals surface area contributed by atoms with Gasteiger partial charge in [-0.2, -0.15) is 0 Å². The molecule has 0 aliphatic rings. The Labute approximate surface area is 204 Å². The molecule has 0 aliphatic carbocycles. The number of guanidine groups is 1. The zero-order valence-corrected chi connectivity index (χ0v) is 21.0. The molecule has 6 heteroatoms. The first-order valence-corrected chi connectivity index (χ1v) is 14.2. The van der Waals surface area contributed by atoms with Crippen LogP contribution < -0.4 is 27.0 Å². The van der Waals surface area contributed by atoms with Crippen LogP contribution in [0.3, 0.4) is 0 Å². The Bertz CT molecular complexity index is 931. The molecule has 3 aromatic carbocycles. The number of nitrogens with one attached hydrogen (secondary N) is 2. The Hall–Kier alpha value is -3.17. The predicted molar refractivity (Wildman–Crippen MR) is 147 cm³/mol. The van der Waals surface area contributed by atoms with Crippen LogP contribution >= 0.6 is 7.26 Å². The summed E-state index contributed by atoms with van der Waals surface area (Å²) in [6.45, 7) is 1.30. The minimum absolute atomic E-state index is 0.0308. The number of benzene rings is 3. The van der Waals surface area contributed by atoms with Crippen molar-refractivity contribution in [2.45, 2.75) is 25.7 Å². The van der Waals surface area contributed by atoms with E-state index in [4.69, 9.17) is 11.1 Å². The Morgan fingerprint density at radius 3 is 1.74 bits per heavy atom. The van der Waals surface area contributed by atoms with Gasteiger partial charge >= 0.3 is 204 Å². The van der Waals surface area contributed by atoms with Crippen molar-refractivity contribution in [1.82, 2.24) is 10.2 Å². The Kier molecular flexibility index (Phi) is 9.66. The van der Waals surface area contributed by atoms with Gasteiger partial charge in [0.05, 0.1) is 0 Å². The maximum absolute atomic E-state index is 12.2. The van der Waals surface area contributed by atoms with Crippen molar-refractivity contribution >= 4 is 35.0 Å². The molecule has 5 nitrogen and oxygen atoms in total. The second-order valence-corrected chi connectivity index (χ2v) is 12.8. The summed E-state index contributed by atoms with van der Waals surface area (Å²) in [6.07, 6.45) is 4.21. The van der Waals surface area contributed by atoms with Gasteiger partial charge in [0, 0.05) is 0 Å². The maximum atomic E-state index is 12.2. The summed E-state index contributed by atoms with van der Waals surface area (Å²) in [7, 11) is -0.429. The molecular weight excluding hydrogens is 439 g/mol. The molecule has 0 radical (unpaired) electrons. The van der Waals surface area contributed by atoms with Crippen LogP contribution in [0.1, 0.15) is 25.7 Å². The van der Waals surface area contributed by atoms with Crippen LogP contribution in [0.4, 0.5) is 0 Å². The molecular formula is C28H37N4OP. The van der Waals surface area contributed by atoms with Crippen molar-refractivity contribution in [2.24, 2.45) is 5.73 Å². The zero-order valence-electron chi connectivity index (χ0n) is 20.0. The first-order chi connectivity index (χ1) is 16.5. The summed E-state index contributed by atoms with van der Waals surface area (Å²) in [5.74, 6) is 0.0953. The van der Waals surface area contributed by atoms with E-state index < -0.39 is 7.26 Å². The van der Waals surface area contributed by atoms with Crippen molar-refractivity contribution in [3.63, 3.8) is 0 Å². The number of hydrogen-bond donors (Lipinski definition) is 3. The van der Waals surface area contributed by atoms with Gasteiger partial charge in [0.25, 0.3) is 0 Å². The molecule has 3 rings (SSSR count). The van der Waals surface area contributed by atoms with E-state index in [0.29, 0.717) is 25.9 Å². The van der Waals surface area contributed by atoms with Gasteiger partial charge < -0.3 is 0 Å². The van der Waals surface area contributed by atoms with Crippen LogP contribution in [0, 0.1) is 5.41 Å². The first-order valence-electron chi connectivity index (χ1n) is 12.0. The molecule has 180 valence electrons. The molecule has 3 aromatic rings. The molecule has 0 saturated heterocycles. The van der Waals surface area contributed by atoms with Crippen LogP contribution in [0.25, 0.3) is 0 Å². The van der Waals surface area contributed by atoms with E-state index in [-0.39, 0.29) is 11.9 Å². The van der Waals surface area contributed by atoms with Gasteiger partial charge in [-0.3, -0.25) is 0 Å². The molecule has 0 atom stereocenters.